The summed E-state index contributed by atoms with van der Waals surface area (Å²) in [6.45, 7) is 10.5. The maximum absolute atomic E-state index is 13.9. The number of aliphatic hydroxyl groups excluding tert-OH is 2. The van der Waals surface area contributed by atoms with Gasteiger partial charge in [0.05, 0.1) is 37.3 Å². The van der Waals surface area contributed by atoms with Crippen LogP contribution in [-0.2, 0) is 36.9 Å². The Labute approximate surface area is 301 Å². The van der Waals surface area contributed by atoms with Crippen molar-refractivity contribution in [3.63, 3.8) is 0 Å². The smallest absolute Gasteiger partial charge is 0.306 e. The predicted octanol–water partition coefficient (Wildman–Crippen LogP) is 4.51. The molecule has 3 rings (SSSR count). The molecule has 2 aromatic carbocycles. The van der Waals surface area contributed by atoms with Crippen molar-refractivity contribution in [2.24, 2.45) is 22.7 Å². The number of pyridine rings is 1. The molecule has 1 heterocycles. The van der Waals surface area contributed by atoms with E-state index in [0.717, 1.165) is 22.4 Å². The van der Waals surface area contributed by atoms with Crippen LogP contribution in [0.4, 0.5) is 0 Å². The number of benzene rings is 2. The minimum absolute atomic E-state index is 0.0449. The average Bonchev–Trinajstić information content (AvgIpc) is 3.08. The topological polar surface area (TPSA) is 158 Å². The van der Waals surface area contributed by atoms with Crippen LogP contribution >= 0.6 is 0 Å². The lowest BCUT2D eigenvalue weighted by atomic mass is 9.78. The van der Waals surface area contributed by atoms with Crippen LogP contribution in [0, 0.1) is 22.7 Å². The normalized spacial score (nSPS) is 14.2. The van der Waals surface area contributed by atoms with Gasteiger partial charge in [0.1, 0.15) is 6.61 Å². The number of carbonyl (C=O) groups excluding carboxylic acids is 4. The van der Waals surface area contributed by atoms with Gasteiger partial charge >= 0.3 is 5.97 Å². The third kappa shape index (κ3) is 13.0. The number of hydrogen-bond acceptors (Lipinski definition) is 9. The Morgan fingerprint density at radius 3 is 2.04 bits per heavy atom. The van der Waals surface area contributed by atoms with E-state index in [1.807, 2.05) is 114 Å². The first kappa shape index (κ1) is 41.0. The zero-order valence-electron chi connectivity index (χ0n) is 30.9. The van der Waals surface area contributed by atoms with Crippen molar-refractivity contribution in [2.45, 2.75) is 79.5 Å². The molecule has 0 aliphatic heterocycles. The van der Waals surface area contributed by atoms with E-state index in [1.165, 1.54) is 7.11 Å². The third-order valence-electron chi connectivity index (χ3n) is 8.91. The Kier molecular flexibility index (Phi) is 15.0. The second kappa shape index (κ2) is 18.7. The first-order valence-corrected chi connectivity index (χ1v) is 17.3. The molecular formula is C40H54N4O7. The van der Waals surface area contributed by atoms with Gasteiger partial charge in [-0.2, -0.15) is 0 Å². The van der Waals surface area contributed by atoms with Crippen molar-refractivity contribution < 1.29 is 34.1 Å². The van der Waals surface area contributed by atoms with E-state index in [2.05, 4.69) is 15.7 Å². The number of nitrogens with zero attached hydrogens (tertiary/aromatic N) is 2. The SMILES string of the molecule is COC(=O)C[C@H](C(=O)NN(Cc1ccc(-c2ccccn2)cc1)C[C@H](O)[C@@H](CC(=O)[C@@H](NC(=O)CO)C(C)(C)C)Cc1ccccc1)C(C)(C)C. The van der Waals surface area contributed by atoms with Crippen LogP contribution in [0.2, 0.25) is 0 Å². The first-order chi connectivity index (χ1) is 24.0. The molecule has 0 aliphatic rings. The lowest BCUT2D eigenvalue weighted by Crippen LogP contribution is -2.52. The monoisotopic (exact) mass is 702 g/mol. The molecule has 3 aromatic rings. The van der Waals surface area contributed by atoms with Crippen molar-refractivity contribution in [1.29, 1.82) is 0 Å². The zero-order chi connectivity index (χ0) is 37.8. The van der Waals surface area contributed by atoms with Crippen LogP contribution in [0.15, 0.2) is 79.0 Å². The molecule has 0 unspecified atom stereocenters. The molecule has 0 saturated carbocycles. The molecule has 2 amide bonds. The number of amides is 2. The second-order valence-electron chi connectivity index (χ2n) is 15.2. The maximum Gasteiger partial charge on any atom is 0.306 e. The van der Waals surface area contributed by atoms with Gasteiger partial charge in [0.15, 0.2) is 5.78 Å². The van der Waals surface area contributed by atoms with E-state index >= 15 is 0 Å². The number of carbonyl (C=O) groups is 4. The second-order valence-corrected chi connectivity index (χ2v) is 15.2. The fourth-order valence-corrected chi connectivity index (χ4v) is 5.96. The summed E-state index contributed by atoms with van der Waals surface area (Å²) in [6.07, 6.45) is 0.774. The van der Waals surface area contributed by atoms with E-state index in [4.69, 9.17) is 4.74 Å². The highest BCUT2D eigenvalue weighted by Gasteiger charge is 2.37. The fourth-order valence-electron chi connectivity index (χ4n) is 5.96. The summed E-state index contributed by atoms with van der Waals surface area (Å²) in [5, 5.41) is 25.6. The molecule has 4 N–H and O–H groups in total. The summed E-state index contributed by atoms with van der Waals surface area (Å²) < 4.78 is 4.89. The van der Waals surface area contributed by atoms with Crippen LogP contribution in [-0.4, -0.2) is 76.2 Å². The van der Waals surface area contributed by atoms with E-state index in [0.29, 0.717) is 6.42 Å². The van der Waals surface area contributed by atoms with Gasteiger partial charge in [-0.25, -0.2) is 5.01 Å². The van der Waals surface area contributed by atoms with Crippen molar-refractivity contribution >= 4 is 23.6 Å². The minimum Gasteiger partial charge on any atom is -0.469 e. The molecule has 0 aliphatic carbocycles. The summed E-state index contributed by atoms with van der Waals surface area (Å²) in [5.74, 6) is -3.19. The van der Waals surface area contributed by atoms with Crippen LogP contribution in [0.3, 0.4) is 0 Å². The number of ketones is 1. The Bertz CT molecular complexity index is 1570. The molecule has 0 fully saturated rings. The Hall–Kier alpha value is -4.45. The van der Waals surface area contributed by atoms with Gasteiger partial charge < -0.3 is 20.3 Å². The average molecular weight is 703 g/mol. The highest BCUT2D eigenvalue weighted by Crippen LogP contribution is 2.30. The highest BCUT2D eigenvalue weighted by atomic mass is 16.5. The minimum atomic E-state index is -1.11. The van der Waals surface area contributed by atoms with Gasteiger partial charge in [0.2, 0.25) is 11.8 Å². The van der Waals surface area contributed by atoms with Gasteiger partial charge in [0.25, 0.3) is 0 Å². The number of methoxy groups -OCH3 is 1. The van der Waals surface area contributed by atoms with E-state index < -0.39 is 59.2 Å². The van der Waals surface area contributed by atoms with Crippen molar-refractivity contribution in [1.82, 2.24) is 20.7 Å². The molecule has 1 aromatic heterocycles. The standard InChI is InChI=1S/C40H54N4O7/c1-39(2,3)31(23-36(49)51-7)38(50)43-44(24-28-16-18-29(19-17-28)32-15-11-12-20-41-32)25-34(47)30(21-27-13-9-8-10-14-27)22-33(46)37(40(4,5)6)42-35(48)26-45/h8-20,30-31,34,37,45,47H,21-26H2,1-7H3,(H,42,48)(H,43,50)/t30-,31-,34+,37-/m1/s1. The molecule has 0 bridgehead atoms. The van der Waals surface area contributed by atoms with Gasteiger partial charge in [0, 0.05) is 31.3 Å². The number of rotatable bonds is 17. The zero-order valence-corrected chi connectivity index (χ0v) is 30.9. The van der Waals surface area contributed by atoms with Crippen LogP contribution in [0.5, 0.6) is 0 Å². The van der Waals surface area contributed by atoms with Crippen molar-refractivity contribution in [3.8, 4) is 11.3 Å². The van der Waals surface area contributed by atoms with E-state index in [1.54, 1.807) is 11.2 Å². The van der Waals surface area contributed by atoms with Crippen LogP contribution in [0.1, 0.15) is 65.5 Å². The Morgan fingerprint density at radius 1 is 0.843 bits per heavy atom. The van der Waals surface area contributed by atoms with Crippen LogP contribution < -0.4 is 10.7 Å². The molecule has 51 heavy (non-hydrogen) atoms. The summed E-state index contributed by atoms with van der Waals surface area (Å²) in [6, 6.07) is 22.0. The Balaban J connectivity index is 1.96. The lowest BCUT2D eigenvalue weighted by molar-refractivity contribution is -0.148. The highest BCUT2D eigenvalue weighted by molar-refractivity contribution is 5.90. The van der Waals surface area contributed by atoms with Gasteiger partial charge in [-0.05, 0) is 46.4 Å². The predicted molar refractivity (Wildman–Crippen MR) is 196 cm³/mol. The number of aliphatic hydroxyl groups is 2. The van der Waals surface area contributed by atoms with E-state index in [-0.39, 0.29) is 31.7 Å². The molecule has 276 valence electrons. The summed E-state index contributed by atoms with van der Waals surface area (Å²) in [7, 11) is 1.28. The van der Waals surface area contributed by atoms with E-state index in [9.17, 15) is 29.4 Å². The molecule has 11 nitrogen and oxygen atoms in total. The third-order valence-corrected chi connectivity index (χ3v) is 8.91. The maximum atomic E-state index is 13.9. The summed E-state index contributed by atoms with van der Waals surface area (Å²) in [5.41, 5.74) is 5.22. The van der Waals surface area contributed by atoms with Gasteiger partial charge in [-0.15, -0.1) is 0 Å². The number of Topliss-reactive ketones (excluding diaryl/α,β-unsaturated/α-hetero) is 1. The fraction of sp³-hybridized carbons (Fsp3) is 0.475. The molecule has 0 radical (unpaired) electrons. The summed E-state index contributed by atoms with van der Waals surface area (Å²) in [4.78, 5) is 56.6. The molecule has 0 saturated heterocycles. The molecular weight excluding hydrogens is 648 g/mol. The number of hydrazine groups is 1. The van der Waals surface area contributed by atoms with Crippen LogP contribution in [0.25, 0.3) is 11.3 Å². The number of ether oxygens (including phenoxy) is 1. The van der Waals surface area contributed by atoms with Crippen molar-refractivity contribution in [2.75, 3.05) is 20.3 Å². The summed E-state index contributed by atoms with van der Waals surface area (Å²) >= 11 is 0. The van der Waals surface area contributed by atoms with Gasteiger partial charge in [-0.3, -0.25) is 29.6 Å². The Morgan fingerprint density at radius 2 is 1.49 bits per heavy atom. The largest absolute Gasteiger partial charge is 0.469 e. The number of hydrogen-bond donors (Lipinski definition) is 4. The molecule has 11 heteroatoms. The number of nitrogens with one attached hydrogen (secondary N) is 2. The van der Waals surface area contributed by atoms with Gasteiger partial charge in [-0.1, -0.05) is 102 Å². The molecule has 0 spiro atoms. The number of aromatic nitrogens is 1. The van der Waals surface area contributed by atoms with Crippen molar-refractivity contribution in [3.05, 3.63) is 90.1 Å². The first-order valence-electron chi connectivity index (χ1n) is 17.3. The molecule has 4 atom stereocenters. The number of esters is 1. The lowest BCUT2D eigenvalue weighted by Gasteiger charge is -2.35. The quantitative estimate of drug-likeness (QED) is 0.117.